The lowest BCUT2D eigenvalue weighted by Crippen LogP contribution is -2.48. The lowest BCUT2D eigenvalue weighted by molar-refractivity contribution is 0.0747. The van der Waals surface area contributed by atoms with Crippen LogP contribution in [0.2, 0.25) is 0 Å². The third-order valence-corrected chi connectivity index (χ3v) is 8.25. The number of methoxy groups -OCH3 is 1. The maximum atomic E-state index is 13.3. The van der Waals surface area contributed by atoms with E-state index in [4.69, 9.17) is 14.2 Å². The molecule has 11 nitrogen and oxygen atoms in total. The molecular formula is C30H30FN7O4. The van der Waals surface area contributed by atoms with Crippen molar-refractivity contribution in [2.75, 3.05) is 58.6 Å². The molecule has 0 bridgehead atoms. The zero-order valence-corrected chi connectivity index (χ0v) is 23.4. The summed E-state index contributed by atoms with van der Waals surface area (Å²) in [6.07, 6.45) is 0.825. The van der Waals surface area contributed by atoms with E-state index in [1.54, 1.807) is 23.9 Å². The van der Waals surface area contributed by atoms with Gasteiger partial charge in [0.15, 0.2) is 17.3 Å². The highest BCUT2D eigenvalue weighted by Crippen LogP contribution is 2.50. The van der Waals surface area contributed by atoms with E-state index in [0.29, 0.717) is 54.8 Å². The van der Waals surface area contributed by atoms with Crippen LogP contribution in [0.1, 0.15) is 33.4 Å². The van der Waals surface area contributed by atoms with Crippen LogP contribution in [0.15, 0.2) is 54.6 Å². The van der Waals surface area contributed by atoms with Crippen LogP contribution >= 0.6 is 0 Å². The van der Waals surface area contributed by atoms with E-state index in [-0.39, 0.29) is 24.6 Å². The second kappa shape index (κ2) is 10.6. The fraction of sp³-hybridized carbons (Fsp3) is 0.333. The molecule has 216 valence electrons. The molecule has 0 radical (unpaired) electrons. The van der Waals surface area contributed by atoms with E-state index < -0.39 is 0 Å². The average molecular weight is 572 g/mol. The third-order valence-electron chi connectivity index (χ3n) is 8.25. The van der Waals surface area contributed by atoms with Crippen molar-refractivity contribution in [3.8, 4) is 22.9 Å². The number of carbonyl (C=O) groups is 1. The van der Waals surface area contributed by atoms with Crippen molar-refractivity contribution >= 4 is 11.6 Å². The molecule has 0 spiro atoms. The molecule has 42 heavy (non-hydrogen) atoms. The van der Waals surface area contributed by atoms with Gasteiger partial charge < -0.3 is 24.0 Å². The van der Waals surface area contributed by atoms with E-state index in [0.717, 1.165) is 35.5 Å². The molecule has 1 amide bonds. The molecule has 1 unspecified atom stereocenters. The summed E-state index contributed by atoms with van der Waals surface area (Å²) in [4.78, 5) is 19.5. The quantitative estimate of drug-likeness (QED) is 0.358. The number of aromatic nitrogens is 4. The van der Waals surface area contributed by atoms with Crippen molar-refractivity contribution < 1.29 is 23.4 Å². The van der Waals surface area contributed by atoms with Gasteiger partial charge in [0.2, 0.25) is 12.5 Å². The fourth-order valence-corrected chi connectivity index (χ4v) is 6.05. The molecule has 7 rings (SSSR count). The van der Waals surface area contributed by atoms with Crippen LogP contribution in [-0.4, -0.2) is 89.6 Å². The van der Waals surface area contributed by atoms with Crippen molar-refractivity contribution in [3.05, 3.63) is 82.9 Å². The van der Waals surface area contributed by atoms with Crippen LogP contribution in [0.25, 0.3) is 5.69 Å². The number of nitrogens with zero attached hydrogens (tertiary/aromatic N) is 7. The standard InChI is InChI=1S/C30H30FN7O4/c1-35-12-11-20-17-24-27(42-18-41-24)28(40-2)25(20)26(35)29-32-33-34-38(29)23-7-3-19(4-8-23)30(39)37-15-13-36(14-16-37)22-9-5-21(31)6-10-22/h3-10,17,26H,11-16,18H2,1-2H3. The second-order valence-corrected chi connectivity index (χ2v) is 10.6. The van der Waals surface area contributed by atoms with Gasteiger partial charge in [-0.15, -0.1) is 5.10 Å². The van der Waals surface area contributed by atoms with E-state index in [9.17, 15) is 9.18 Å². The highest BCUT2D eigenvalue weighted by Gasteiger charge is 2.38. The Morgan fingerprint density at radius 3 is 2.45 bits per heavy atom. The van der Waals surface area contributed by atoms with Gasteiger partial charge in [0, 0.05) is 49.5 Å². The Kier molecular flexibility index (Phi) is 6.62. The number of rotatable bonds is 5. The van der Waals surface area contributed by atoms with Crippen LogP contribution in [-0.2, 0) is 6.42 Å². The van der Waals surface area contributed by atoms with E-state index in [1.165, 1.54) is 12.1 Å². The van der Waals surface area contributed by atoms with E-state index in [2.05, 4.69) is 25.3 Å². The van der Waals surface area contributed by atoms with Gasteiger partial charge in [0.25, 0.3) is 5.91 Å². The van der Waals surface area contributed by atoms with Gasteiger partial charge >= 0.3 is 0 Å². The Morgan fingerprint density at radius 1 is 0.976 bits per heavy atom. The number of benzene rings is 3. The minimum atomic E-state index is -0.285. The predicted octanol–water partition coefficient (Wildman–Crippen LogP) is 3.08. The normalized spacial score (nSPS) is 18.2. The number of hydrogen-bond acceptors (Lipinski definition) is 9. The molecule has 4 aromatic rings. The Hall–Kier alpha value is -4.71. The minimum Gasteiger partial charge on any atom is -0.492 e. The van der Waals surface area contributed by atoms with Gasteiger partial charge in [-0.05, 0) is 84.1 Å². The molecular weight excluding hydrogens is 541 g/mol. The molecule has 0 aliphatic carbocycles. The number of carbonyl (C=O) groups excluding carboxylic acids is 1. The molecule has 4 heterocycles. The van der Waals surface area contributed by atoms with Crippen molar-refractivity contribution in [1.82, 2.24) is 30.0 Å². The van der Waals surface area contributed by atoms with Crippen molar-refractivity contribution in [3.63, 3.8) is 0 Å². The smallest absolute Gasteiger partial charge is 0.253 e. The van der Waals surface area contributed by atoms with Crippen LogP contribution < -0.4 is 19.1 Å². The lowest BCUT2D eigenvalue weighted by Gasteiger charge is -2.36. The topological polar surface area (TPSA) is 98.1 Å². The monoisotopic (exact) mass is 571 g/mol. The summed E-state index contributed by atoms with van der Waals surface area (Å²) in [5.41, 5.74) is 4.36. The first-order valence-corrected chi connectivity index (χ1v) is 13.9. The first-order valence-electron chi connectivity index (χ1n) is 13.9. The Morgan fingerprint density at radius 2 is 1.71 bits per heavy atom. The zero-order chi connectivity index (χ0) is 28.8. The number of ether oxygens (including phenoxy) is 3. The van der Waals surface area contributed by atoms with E-state index in [1.807, 2.05) is 42.3 Å². The molecule has 1 atom stereocenters. The van der Waals surface area contributed by atoms with Crippen LogP contribution in [0.5, 0.6) is 17.2 Å². The van der Waals surface area contributed by atoms with Gasteiger partial charge in [-0.3, -0.25) is 9.69 Å². The van der Waals surface area contributed by atoms with Gasteiger partial charge in [-0.1, -0.05) is 0 Å². The van der Waals surface area contributed by atoms with E-state index >= 15 is 0 Å². The number of piperazine rings is 1. The number of halogens is 1. The van der Waals surface area contributed by atoms with Gasteiger partial charge in [0.05, 0.1) is 12.8 Å². The molecule has 3 aliphatic heterocycles. The molecule has 1 fully saturated rings. The number of hydrogen-bond donors (Lipinski definition) is 0. The molecule has 0 N–H and O–H groups in total. The summed E-state index contributed by atoms with van der Waals surface area (Å²) in [6.45, 7) is 3.50. The largest absolute Gasteiger partial charge is 0.492 e. The summed E-state index contributed by atoms with van der Waals surface area (Å²) in [5.74, 6) is 2.26. The van der Waals surface area contributed by atoms with Crippen LogP contribution in [0, 0.1) is 5.82 Å². The molecule has 0 saturated carbocycles. The fourth-order valence-electron chi connectivity index (χ4n) is 6.05. The predicted molar refractivity (Wildman–Crippen MR) is 151 cm³/mol. The maximum Gasteiger partial charge on any atom is 0.253 e. The van der Waals surface area contributed by atoms with Crippen LogP contribution in [0.3, 0.4) is 0 Å². The van der Waals surface area contributed by atoms with Crippen molar-refractivity contribution in [2.45, 2.75) is 12.5 Å². The number of likely N-dealkylation sites (N-methyl/N-ethyl adjacent to an activating group) is 1. The van der Waals surface area contributed by atoms with Crippen molar-refractivity contribution in [2.24, 2.45) is 0 Å². The van der Waals surface area contributed by atoms with Gasteiger partial charge in [0.1, 0.15) is 11.9 Å². The van der Waals surface area contributed by atoms with Crippen LogP contribution in [0.4, 0.5) is 10.1 Å². The van der Waals surface area contributed by atoms with Gasteiger partial charge in [-0.2, -0.15) is 4.68 Å². The summed E-state index contributed by atoms with van der Waals surface area (Å²) in [5, 5.41) is 12.8. The molecule has 1 saturated heterocycles. The number of tetrazole rings is 1. The maximum absolute atomic E-state index is 13.3. The average Bonchev–Trinajstić information content (AvgIpc) is 3.70. The third kappa shape index (κ3) is 4.48. The number of fused-ring (bicyclic) bond motifs is 2. The molecule has 3 aliphatic rings. The lowest BCUT2D eigenvalue weighted by atomic mass is 9.90. The summed E-state index contributed by atoms with van der Waals surface area (Å²) in [7, 11) is 3.67. The SMILES string of the molecule is COc1c2c(cc3c1C(c1nnnn1-c1ccc(C(=O)N4CCN(c5ccc(F)cc5)CC4)cc1)N(C)CC3)OCO2. The zero-order valence-electron chi connectivity index (χ0n) is 23.4. The Balaban J connectivity index is 1.12. The molecule has 12 heteroatoms. The summed E-state index contributed by atoms with van der Waals surface area (Å²) in [6, 6.07) is 15.5. The Bertz CT molecular complexity index is 1620. The minimum absolute atomic E-state index is 0.0287. The number of anilines is 1. The van der Waals surface area contributed by atoms with Crippen molar-refractivity contribution in [1.29, 1.82) is 0 Å². The summed E-state index contributed by atoms with van der Waals surface area (Å²) >= 11 is 0. The second-order valence-electron chi connectivity index (χ2n) is 10.6. The first kappa shape index (κ1) is 26.2. The van der Waals surface area contributed by atoms with Gasteiger partial charge in [-0.25, -0.2) is 4.39 Å². The summed E-state index contributed by atoms with van der Waals surface area (Å²) < 4.78 is 32.2. The highest BCUT2D eigenvalue weighted by atomic mass is 19.1. The highest BCUT2D eigenvalue weighted by molar-refractivity contribution is 5.94. The Labute approximate surface area is 242 Å². The first-order chi connectivity index (χ1) is 20.5. The number of amides is 1. The molecule has 3 aromatic carbocycles. The molecule has 1 aromatic heterocycles.